The number of carbonyl (C=O) groups excluding carboxylic acids is 1. The lowest BCUT2D eigenvalue weighted by Gasteiger charge is -2.20. The molecule has 0 unspecified atom stereocenters. The summed E-state index contributed by atoms with van der Waals surface area (Å²) in [4.78, 5) is 15.6. The van der Waals surface area contributed by atoms with Gasteiger partial charge in [-0.2, -0.15) is 0 Å². The lowest BCUT2D eigenvalue weighted by Crippen LogP contribution is -2.40. The second kappa shape index (κ2) is 7.83. The fraction of sp³-hybridized carbons (Fsp3) is 0.600. The van der Waals surface area contributed by atoms with Crippen LogP contribution in [0.1, 0.15) is 18.0 Å². The molecule has 19 heavy (non-hydrogen) atoms. The molecular weight excluding hydrogens is 346 g/mol. The summed E-state index contributed by atoms with van der Waals surface area (Å²) < 4.78 is 34.7. The largest absolute Gasteiger partial charge is 0.465 e. The smallest absolute Gasteiger partial charge is 0.326 e. The van der Waals surface area contributed by atoms with Crippen LogP contribution in [0.3, 0.4) is 0 Å². The van der Waals surface area contributed by atoms with E-state index in [0.29, 0.717) is 9.61 Å². The number of esters is 1. The van der Waals surface area contributed by atoms with Crippen molar-refractivity contribution in [3.8, 4) is 0 Å². The highest BCUT2D eigenvalue weighted by Gasteiger charge is 2.31. The van der Waals surface area contributed by atoms with Gasteiger partial charge >= 0.3 is 5.97 Å². The maximum absolute atomic E-state index is 12.2. The van der Waals surface area contributed by atoms with Crippen LogP contribution in [0.15, 0.2) is 9.98 Å². The van der Waals surface area contributed by atoms with Gasteiger partial charge < -0.3 is 15.2 Å². The van der Waals surface area contributed by atoms with Gasteiger partial charge in [0.2, 0.25) is 0 Å². The number of hydrogen-bond donors (Lipinski definition) is 1. The van der Waals surface area contributed by atoms with Gasteiger partial charge in [0.1, 0.15) is 28.4 Å². The van der Waals surface area contributed by atoms with Gasteiger partial charge in [-0.15, -0.1) is 11.3 Å². The molecule has 1 heterocycles. The number of halogens is 3. The molecule has 2 atom stereocenters. The zero-order valence-electron chi connectivity index (χ0n) is 10.0. The van der Waals surface area contributed by atoms with Crippen molar-refractivity contribution in [2.45, 2.75) is 25.5 Å². The van der Waals surface area contributed by atoms with E-state index in [1.165, 1.54) is 0 Å². The zero-order chi connectivity index (χ0) is 14.4. The first kappa shape index (κ1) is 16.4. The first-order valence-electron chi connectivity index (χ1n) is 5.38. The Hall–Kier alpha value is -0.640. The number of alkyl halides is 2. The molecule has 0 saturated carbocycles. The van der Waals surface area contributed by atoms with Gasteiger partial charge in [0.15, 0.2) is 0 Å². The molecule has 0 aromatic carbocycles. The van der Waals surface area contributed by atoms with E-state index in [9.17, 15) is 13.6 Å². The minimum atomic E-state index is -2.65. The Labute approximate surface area is 121 Å². The van der Waals surface area contributed by atoms with Crippen molar-refractivity contribution >= 4 is 33.2 Å². The molecule has 2 N–H and O–H groups in total. The Balaban J connectivity index is 2.82. The highest BCUT2D eigenvalue weighted by Crippen LogP contribution is 2.27. The standard InChI is InChI=1S/C10H13BrF2N2O3S/c1-2-17-10(16)7(14)8(18-3-6(12)13)9-15-5(11)4-19-9/h4,6-8H,2-3,14H2,1H3/t7-,8-/m0/s1. The number of thiazole rings is 1. The molecule has 0 bridgehead atoms. The zero-order valence-corrected chi connectivity index (χ0v) is 12.4. The summed E-state index contributed by atoms with van der Waals surface area (Å²) in [5.74, 6) is -0.715. The lowest BCUT2D eigenvalue weighted by molar-refractivity contribution is -0.150. The first-order valence-corrected chi connectivity index (χ1v) is 7.05. The van der Waals surface area contributed by atoms with E-state index in [0.717, 1.165) is 11.3 Å². The van der Waals surface area contributed by atoms with Crippen LogP contribution in [0.5, 0.6) is 0 Å². The molecule has 0 spiro atoms. The fourth-order valence-electron chi connectivity index (χ4n) is 1.26. The maximum atomic E-state index is 12.2. The van der Waals surface area contributed by atoms with Crippen LogP contribution in [0.25, 0.3) is 0 Å². The van der Waals surface area contributed by atoms with Crippen molar-refractivity contribution in [1.29, 1.82) is 0 Å². The van der Waals surface area contributed by atoms with Gasteiger partial charge in [-0.05, 0) is 22.9 Å². The topological polar surface area (TPSA) is 74.4 Å². The number of rotatable bonds is 7. The second-order valence-electron chi connectivity index (χ2n) is 3.43. The normalized spacial score (nSPS) is 14.4. The van der Waals surface area contributed by atoms with Crippen molar-refractivity contribution in [2.24, 2.45) is 5.73 Å². The molecule has 0 aliphatic carbocycles. The number of nitrogens with two attached hydrogens (primary N) is 1. The van der Waals surface area contributed by atoms with E-state index in [-0.39, 0.29) is 6.61 Å². The first-order chi connectivity index (χ1) is 8.95. The Kier molecular flexibility index (Phi) is 6.76. The quantitative estimate of drug-likeness (QED) is 0.755. The monoisotopic (exact) mass is 358 g/mol. The second-order valence-corrected chi connectivity index (χ2v) is 5.13. The van der Waals surface area contributed by atoms with Gasteiger partial charge in [-0.3, -0.25) is 4.79 Å². The molecule has 0 saturated heterocycles. The summed E-state index contributed by atoms with van der Waals surface area (Å²) in [5, 5.41) is 1.99. The average molecular weight is 359 g/mol. The predicted octanol–water partition coefficient (Wildman–Crippen LogP) is 2.12. The van der Waals surface area contributed by atoms with Crippen LogP contribution in [0.4, 0.5) is 8.78 Å². The molecule has 0 aliphatic heterocycles. The summed E-state index contributed by atoms with van der Waals surface area (Å²) in [7, 11) is 0. The van der Waals surface area contributed by atoms with Gasteiger partial charge in [-0.1, -0.05) is 0 Å². The molecule has 0 amide bonds. The third kappa shape index (κ3) is 5.09. The van der Waals surface area contributed by atoms with E-state index in [2.05, 4.69) is 20.9 Å². The van der Waals surface area contributed by atoms with Crippen LogP contribution in [0, 0.1) is 0 Å². The molecule has 0 radical (unpaired) electrons. The highest BCUT2D eigenvalue weighted by molar-refractivity contribution is 9.10. The van der Waals surface area contributed by atoms with Gasteiger partial charge in [-0.25, -0.2) is 13.8 Å². The minimum Gasteiger partial charge on any atom is -0.465 e. The minimum absolute atomic E-state index is 0.148. The van der Waals surface area contributed by atoms with Crippen LogP contribution >= 0.6 is 27.3 Å². The number of aromatic nitrogens is 1. The van der Waals surface area contributed by atoms with Gasteiger partial charge in [0.05, 0.1) is 6.61 Å². The molecular formula is C10H13BrF2N2O3S. The number of nitrogens with zero attached hydrogens (tertiary/aromatic N) is 1. The van der Waals surface area contributed by atoms with Crippen molar-refractivity contribution < 1.29 is 23.0 Å². The fourth-order valence-corrected chi connectivity index (χ4v) is 2.62. The Morgan fingerprint density at radius 3 is 2.79 bits per heavy atom. The van der Waals surface area contributed by atoms with Crippen molar-refractivity contribution in [1.82, 2.24) is 4.98 Å². The number of ether oxygens (including phenoxy) is 2. The summed E-state index contributed by atoms with van der Waals surface area (Å²) >= 11 is 4.29. The third-order valence-electron chi connectivity index (χ3n) is 2.02. The Bertz CT molecular complexity index is 419. The Morgan fingerprint density at radius 2 is 2.32 bits per heavy atom. The van der Waals surface area contributed by atoms with E-state index in [4.69, 9.17) is 15.2 Å². The summed E-state index contributed by atoms with van der Waals surface area (Å²) in [6, 6.07) is -1.20. The maximum Gasteiger partial charge on any atom is 0.326 e. The predicted molar refractivity (Wildman–Crippen MR) is 69.1 cm³/mol. The van der Waals surface area contributed by atoms with E-state index >= 15 is 0 Å². The third-order valence-corrected chi connectivity index (χ3v) is 3.64. The van der Waals surface area contributed by atoms with Crippen molar-refractivity contribution in [3.63, 3.8) is 0 Å². The van der Waals surface area contributed by atoms with Crippen LogP contribution in [-0.4, -0.2) is 36.6 Å². The highest BCUT2D eigenvalue weighted by atomic mass is 79.9. The molecule has 0 aliphatic rings. The van der Waals surface area contributed by atoms with Crippen LogP contribution in [-0.2, 0) is 14.3 Å². The van der Waals surface area contributed by atoms with E-state index < -0.39 is 31.1 Å². The lowest BCUT2D eigenvalue weighted by atomic mass is 10.2. The summed E-state index contributed by atoms with van der Waals surface area (Å²) in [6.07, 6.45) is -3.70. The summed E-state index contributed by atoms with van der Waals surface area (Å²) in [5.41, 5.74) is 5.68. The number of carbonyl (C=O) groups is 1. The summed E-state index contributed by atoms with van der Waals surface area (Å²) in [6.45, 7) is 0.949. The molecule has 9 heteroatoms. The molecule has 1 aromatic rings. The molecule has 1 aromatic heterocycles. The molecule has 108 valence electrons. The molecule has 1 rings (SSSR count). The number of hydrogen-bond acceptors (Lipinski definition) is 6. The van der Waals surface area contributed by atoms with Gasteiger partial charge in [0.25, 0.3) is 6.43 Å². The van der Waals surface area contributed by atoms with E-state index in [1.807, 2.05) is 0 Å². The van der Waals surface area contributed by atoms with Crippen molar-refractivity contribution in [2.75, 3.05) is 13.2 Å². The molecule has 5 nitrogen and oxygen atoms in total. The van der Waals surface area contributed by atoms with Crippen LogP contribution < -0.4 is 5.73 Å². The Morgan fingerprint density at radius 1 is 1.63 bits per heavy atom. The SMILES string of the molecule is CCOC(=O)[C@@H](N)[C@H](OCC(F)F)c1nc(Br)cs1. The molecule has 0 fully saturated rings. The van der Waals surface area contributed by atoms with Gasteiger partial charge in [0, 0.05) is 5.38 Å². The van der Waals surface area contributed by atoms with Crippen molar-refractivity contribution in [3.05, 3.63) is 15.0 Å². The average Bonchev–Trinajstić information content (AvgIpc) is 2.75. The van der Waals surface area contributed by atoms with E-state index in [1.54, 1.807) is 12.3 Å². The van der Waals surface area contributed by atoms with Crippen LogP contribution in [0.2, 0.25) is 0 Å².